The monoisotopic (exact) mass is 312 g/mol. The number of hydrogen-bond acceptors (Lipinski definition) is 5. The van der Waals surface area contributed by atoms with Gasteiger partial charge in [-0.2, -0.15) is 0 Å². The lowest BCUT2D eigenvalue weighted by Crippen LogP contribution is -2.27. The van der Waals surface area contributed by atoms with Crippen LogP contribution in [0.15, 0.2) is 0 Å². The van der Waals surface area contributed by atoms with Crippen LogP contribution in [0.1, 0.15) is 61.0 Å². The summed E-state index contributed by atoms with van der Waals surface area (Å²) in [6, 6.07) is 0. The van der Waals surface area contributed by atoms with Crippen molar-refractivity contribution in [3.63, 3.8) is 0 Å². The summed E-state index contributed by atoms with van der Waals surface area (Å²) in [6.07, 6.45) is 7.26. The third-order valence-corrected chi connectivity index (χ3v) is 5.57. The molecule has 2 rings (SSSR count). The number of methoxy groups -OCH3 is 2. The third-order valence-electron chi connectivity index (χ3n) is 4.29. The van der Waals surface area contributed by atoms with Crippen LogP contribution in [0.5, 0.6) is 0 Å². The highest BCUT2D eigenvalue weighted by atomic mass is 32.1. The summed E-state index contributed by atoms with van der Waals surface area (Å²) in [4.78, 5) is 6.18. The number of rotatable bonds is 7. The van der Waals surface area contributed by atoms with Gasteiger partial charge in [0.2, 0.25) is 0 Å². The lowest BCUT2D eigenvalue weighted by molar-refractivity contribution is -0.0282. The van der Waals surface area contributed by atoms with Crippen molar-refractivity contribution < 1.29 is 9.47 Å². The number of ether oxygens (including phenoxy) is 2. The Hall–Kier alpha value is -0.490. The quantitative estimate of drug-likeness (QED) is 0.781. The molecule has 0 aliphatic heterocycles. The molecule has 1 fully saturated rings. The van der Waals surface area contributed by atoms with E-state index in [1.165, 1.54) is 30.6 Å². The van der Waals surface area contributed by atoms with Crippen LogP contribution in [-0.2, 0) is 28.2 Å². The van der Waals surface area contributed by atoms with E-state index in [2.05, 4.69) is 12.2 Å². The second-order valence-electron chi connectivity index (χ2n) is 5.71. The van der Waals surface area contributed by atoms with Gasteiger partial charge >= 0.3 is 0 Å². The average molecular weight is 312 g/mol. The number of aromatic nitrogens is 1. The van der Waals surface area contributed by atoms with Crippen molar-refractivity contribution in [2.45, 2.75) is 64.2 Å². The van der Waals surface area contributed by atoms with Gasteiger partial charge in [-0.3, -0.25) is 0 Å². The smallest absolute Gasteiger partial charge is 0.125 e. The maximum Gasteiger partial charge on any atom is 0.125 e. The molecule has 0 spiro atoms. The number of nitrogens with one attached hydrogen (secondary N) is 1. The van der Waals surface area contributed by atoms with E-state index < -0.39 is 0 Å². The first-order valence-electron chi connectivity index (χ1n) is 7.99. The first kappa shape index (κ1) is 16.9. The second kappa shape index (κ2) is 8.22. The summed E-state index contributed by atoms with van der Waals surface area (Å²) in [5.74, 6) is 0. The van der Waals surface area contributed by atoms with Crippen molar-refractivity contribution in [1.29, 1.82) is 0 Å². The zero-order valence-electron chi connectivity index (χ0n) is 13.5. The molecule has 1 N–H and O–H groups in total. The van der Waals surface area contributed by atoms with Crippen molar-refractivity contribution in [1.82, 2.24) is 10.3 Å². The van der Waals surface area contributed by atoms with Crippen LogP contribution in [0.4, 0.5) is 0 Å². The summed E-state index contributed by atoms with van der Waals surface area (Å²) < 4.78 is 11.3. The fraction of sp³-hybridized carbons (Fsp3) is 0.812. The molecule has 0 amide bonds. The molecule has 1 aromatic heterocycles. The number of hydrogen-bond donors (Lipinski definition) is 1. The molecule has 4 nitrogen and oxygen atoms in total. The maximum atomic E-state index is 5.98. The number of nitrogens with zero attached hydrogens (tertiary/aromatic N) is 1. The molecule has 5 heteroatoms. The Morgan fingerprint density at radius 1 is 1.19 bits per heavy atom. The van der Waals surface area contributed by atoms with Gasteiger partial charge in [0, 0.05) is 25.6 Å². The molecular formula is C16H28N2O2S. The first-order chi connectivity index (χ1) is 10.3. The Bertz CT molecular complexity index is 426. The van der Waals surface area contributed by atoms with Crippen LogP contribution in [0, 0.1) is 0 Å². The van der Waals surface area contributed by atoms with Crippen molar-refractivity contribution in [3.05, 3.63) is 15.6 Å². The second-order valence-corrected chi connectivity index (χ2v) is 6.80. The minimum atomic E-state index is -0.172. The van der Waals surface area contributed by atoms with Gasteiger partial charge in [0.05, 0.1) is 12.3 Å². The van der Waals surface area contributed by atoms with Gasteiger partial charge in [0.1, 0.15) is 10.6 Å². The minimum absolute atomic E-state index is 0.172. The van der Waals surface area contributed by atoms with Gasteiger partial charge in [-0.25, -0.2) is 4.98 Å². The van der Waals surface area contributed by atoms with Crippen LogP contribution in [0.25, 0.3) is 0 Å². The molecule has 1 saturated carbocycles. The highest BCUT2D eigenvalue weighted by molar-refractivity contribution is 7.11. The van der Waals surface area contributed by atoms with E-state index in [1.807, 2.05) is 7.11 Å². The van der Waals surface area contributed by atoms with Crippen molar-refractivity contribution >= 4 is 11.3 Å². The molecule has 0 bridgehead atoms. The van der Waals surface area contributed by atoms with Crippen LogP contribution >= 0.6 is 11.3 Å². The topological polar surface area (TPSA) is 43.4 Å². The molecule has 21 heavy (non-hydrogen) atoms. The van der Waals surface area contributed by atoms with E-state index in [4.69, 9.17) is 14.5 Å². The Kier molecular flexibility index (Phi) is 6.61. The molecule has 0 unspecified atom stereocenters. The fourth-order valence-corrected chi connectivity index (χ4v) is 4.27. The maximum absolute atomic E-state index is 5.98. The van der Waals surface area contributed by atoms with Crippen LogP contribution < -0.4 is 5.32 Å². The van der Waals surface area contributed by atoms with Gasteiger partial charge in [-0.05, 0) is 19.4 Å². The molecule has 0 radical (unpaired) electrons. The molecule has 1 aliphatic rings. The molecule has 0 aromatic carbocycles. The Labute approximate surface area is 132 Å². The average Bonchev–Trinajstić information content (AvgIpc) is 2.74. The standard InChI is InChI=1S/C16H28N2O2S/c1-4-17-11-14-13(12-19-2)18-15(21-14)16(20-3)9-7-5-6-8-10-16/h17H,4-12H2,1-3H3. The first-order valence-corrected chi connectivity index (χ1v) is 8.81. The van der Waals surface area contributed by atoms with E-state index >= 15 is 0 Å². The summed E-state index contributed by atoms with van der Waals surface area (Å²) in [7, 11) is 3.57. The highest BCUT2D eigenvalue weighted by Crippen LogP contribution is 2.41. The predicted molar refractivity (Wildman–Crippen MR) is 86.6 cm³/mol. The third kappa shape index (κ3) is 4.03. The van der Waals surface area contributed by atoms with Gasteiger partial charge < -0.3 is 14.8 Å². The van der Waals surface area contributed by atoms with Gasteiger partial charge in [-0.15, -0.1) is 11.3 Å². The minimum Gasteiger partial charge on any atom is -0.378 e. The lowest BCUT2D eigenvalue weighted by atomic mass is 9.95. The van der Waals surface area contributed by atoms with Gasteiger partial charge in [0.25, 0.3) is 0 Å². The lowest BCUT2D eigenvalue weighted by Gasteiger charge is -2.29. The molecule has 0 saturated heterocycles. The van der Waals surface area contributed by atoms with E-state index in [-0.39, 0.29) is 5.60 Å². The summed E-state index contributed by atoms with van der Waals surface area (Å²) in [6.45, 7) is 4.54. The zero-order valence-corrected chi connectivity index (χ0v) is 14.4. The number of thiazole rings is 1. The van der Waals surface area contributed by atoms with E-state index in [9.17, 15) is 0 Å². The van der Waals surface area contributed by atoms with Crippen LogP contribution in [0.3, 0.4) is 0 Å². The SMILES string of the molecule is CCNCc1sc(C2(OC)CCCCCC2)nc1COC. The van der Waals surface area contributed by atoms with Crippen molar-refractivity contribution in [2.75, 3.05) is 20.8 Å². The van der Waals surface area contributed by atoms with Crippen LogP contribution in [0.2, 0.25) is 0 Å². The molecular weight excluding hydrogens is 284 g/mol. The highest BCUT2D eigenvalue weighted by Gasteiger charge is 2.36. The van der Waals surface area contributed by atoms with E-state index in [1.54, 1.807) is 18.4 Å². The zero-order chi connectivity index (χ0) is 15.1. The largest absolute Gasteiger partial charge is 0.378 e. The summed E-state index contributed by atoms with van der Waals surface area (Å²) >= 11 is 1.80. The van der Waals surface area contributed by atoms with Gasteiger partial charge in [-0.1, -0.05) is 32.6 Å². The fourth-order valence-electron chi connectivity index (χ4n) is 3.01. The molecule has 1 heterocycles. The van der Waals surface area contributed by atoms with Crippen molar-refractivity contribution in [2.24, 2.45) is 0 Å². The molecule has 1 aliphatic carbocycles. The van der Waals surface area contributed by atoms with Gasteiger partial charge in [0.15, 0.2) is 0 Å². The Morgan fingerprint density at radius 2 is 1.90 bits per heavy atom. The Morgan fingerprint density at radius 3 is 2.48 bits per heavy atom. The normalized spacial score (nSPS) is 18.6. The Balaban J connectivity index is 2.27. The predicted octanol–water partition coefficient (Wildman–Crippen LogP) is 3.59. The van der Waals surface area contributed by atoms with E-state index in [0.29, 0.717) is 6.61 Å². The van der Waals surface area contributed by atoms with Crippen LogP contribution in [-0.4, -0.2) is 25.7 Å². The summed E-state index contributed by atoms with van der Waals surface area (Å²) in [5.41, 5.74) is 0.896. The molecule has 1 aromatic rings. The summed E-state index contributed by atoms with van der Waals surface area (Å²) in [5, 5.41) is 4.54. The van der Waals surface area contributed by atoms with Crippen molar-refractivity contribution in [3.8, 4) is 0 Å². The molecule has 120 valence electrons. The van der Waals surface area contributed by atoms with E-state index in [0.717, 1.165) is 36.6 Å². The molecule has 0 atom stereocenters.